The number of benzene rings is 1. The van der Waals surface area contributed by atoms with Crippen molar-refractivity contribution in [2.24, 2.45) is 0 Å². The number of carbonyl (C=O) groups excluding carboxylic acids is 1. The number of rotatable bonds is 3. The zero-order valence-corrected chi connectivity index (χ0v) is 12.2. The number of amides is 1. The van der Waals surface area contributed by atoms with Crippen LogP contribution in [-0.2, 0) is 0 Å². The van der Waals surface area contributed by atoms with Gasteiger partial charge in [-0.05, 0) is 51.3 Å². The predicted octanol–water partition coefficient (Wildman–Crippen LogP) is 2.52. The van der Waals surface area contributed by atoms with Gasteiger partial charge in [0.25, 0.3) is 5.91 Å². The summed E-state index contributed by atoms with van der Waals surface area (Å²) in [4.78, 5) is 14.9. The van der Waals surface area contributed by atoms with E-state index in [1.54, 1.807) is 0 Å². The highest BCUT2D eigenvalue weighted by Crippen LogP contribution is 2.22. The van der Waals surface area contributed by atoms with Gasteiger partial charge in [0.05, 0.1) is 0 Å². The van der Waals surface area contributed by atoms with E-state index in [0.717, 1.165) is 42.6 Å². The lowest BCUT2D eigenvalue weighted by Gasteiger charge is -2.36. The molecule has 3 heteroatoms. The van der Waals surface area contributed by atoms with E-state index in [1.165, 1.54) is 6.42 Å². The Hall–Kier alpha value is -1.35. The summed E-state index contributed by atoms with van der Waals surface area (Å²) in [6, 6.07) is 6.40. The van der Waals surface area contributed by atoms with E-state index >= 15 is 0 Å². The van der Waals surface area contributed by atoms with E-state index in [0.29, 0.717) is 6.04 Å². The molecule has 1 saturated heterocycles. The Morgan fingerprint density at radius 3 is 2.63 bits per heavy atom. The van der Waals surface area contributed by atoms with Crippen LogP contribution >= 0.6 is 0 Å². The molecule has 1 fully saturated rings. The molecule has 1 N–H and O–H groups in total. The normalized spacial score (nSPS) is 19.5. The van der Waals surface area contributed by atoms with Gasteiger partial charge in [0.2, 0.25) is 0 Å². The second kappa shape index (κ2) is 6.20. The van der Waals surface area contributed by atoms with Crippen molar-refractivity contribution in [2.75, 3.05) is 20.1 Å². The SMILES string of the molecule is CNCC1CCCCN1C(=O)c1c(C)cccc1C. The molecule has 1 aliphatic rings. The molecule has 1 aromatic rings. The number of hydrogen-bond donors (Lipinski definition) is 1. The van der Waals surface area contributed by atoms with Gasteiger partial charge in [-0.2, -0.15) is 0 Å². The van der Waals surface area contributed by atoms with E-state index in [-0.39, 0.29) is 5.91 Å². The van der Waals surface area contributed by atoms with E-state index in [4.69, 9.17) is 0 Å². The molecule has 0 saturated carbocycles. The number of hydrogen-bond acceptors (Lipinski definition) is 2. The minimum atomic E-state index is 0.204. The molecule has 1 heterocycles. The van der Waals surface area contributed by atoms with Crippen molar-refractivity contribution in [3.8, 4) is 0 Å². The highest BCUT2D eigenvalue weighted by molar-refractivity contribution is 5.97. The van der Waals surface area contributed by atoms with Crippen LogP contribution in [0.15, 0.2) is 18.2 Å². The second-order valence-corrected chi connectivity index (χ2v) is 5.47. The van der Waals surface area contributed by atoms with Gasteiger partial charge < -0.3 is 10.2 Å². The van der Waals surface area contributed by atoms with Crippen LogP contribution in [0.25, 0.3) is 0 Å². The predicted molar refractivity (Wildman–Crippen MR) is 78.5 cm³/mol. The van der Waals surface area contributed by atoms with Crippen molar-refractivity contribution in [3.05, 3.63) is 34.9 Å². The summed E-state index contributed by atoms with van der Waals surface area (Å²) < 4.78 is 0. The number of nitrogens with one attached hydrogen (secondary N) is 1. The van der Waals surface area contributed by atoms with E-state index in [9.17, 15) is 4.79 Å². The molecule has 0 spiro atoms. The van der Waals surface area contributed by atoms with Gasteiger partial charge in [0.1, 0.15) is 0 Å². The van der Waals surface area contributed by atoms with Crippen LogP contribution in [0.2, 0.25) is 0 Å². The summed E-state index contributed by atoms with van der Waals surface area (Å²) in [5.41, 5.74) is 3.06. The summed E-state index contributed by atoms with van der Waals surface area (Å²) in [6.45, 7) is 5.82. The molecule has 1 amide bonds. The lowest BCUT2D eigenvalue weighted by molar-refractivity contribution is 0.0613. The molecule has 0 bridgehead atoms. The lowest BCUT2D eigenvalue weighted by atomic mass is 9.97. The van der Waals surface area contributed by atoms with Gasteiger partial charge in [-0.3, -0.25) is 4.79 Å². The van der Waals surface area contributed by atoms with Gasteiger partial charge in [-0.25, -0.2) is 0 Å². The fourth-order valence-corrected chi connectivity index (χ4v) is 3.01. The van der Waals surface area contributed by atoms with Crippen molar-refractivity contribution < 1.29 is 4.79 Å². The number of likely N-dealkylation sites (tertiary alicyclic amines) is 1. The Morgan fingerprint density at radius 2 is 2.00 bits per heavy atom. The minimum Gasteiger partial charge on any atom is -0.334 e. The molecule has 1 atom stereocenters. The number of aryl methyl sites for hydroxylation is 2. The second-order valence-electron chi connectivity index (χ2n) is 5.47. The maximum absolute atomic E-state index is 12.8. The molecule has 0 radical (unpaired) electrons. The van der Waals surface area contributed by atoms with E-state index < -0.39 is 0 Å². The molecular weight excluding hydrogens is 236 g/mol. The third kappa shape index (κ3) is 2.98. The van der Waals surface area contributed by atoms with Crippen molar-refractivity contribution in [1.29, 1.82) is 0 Å². The van der Waals surface area contributed by atoms with Gasteiger partial charge in [0.15, 0.2) is 0 Å². The third-order valence-corrected chi connectivity index (χ3v) is 4.02. The maximum Gasteiger partial charge on any atom is 0.254 e. The van der Waals surface area contributed by atoms with Crippen LogP contribution < -0.4 is 5.32 Å². The van der Waals surface area contributed by atoms with Crippen molar-refractivity contribution in [1.82, 2.24) is 10.2 Å². The molecule has 0 aromatic heterocycles. The topological polar surface area (TPSA) is 32.3 Å². The maximum atomic E-state index is 12.8. The lowest BCUT2D eigenvalue weighted by Crippen LogP contribution is -2.48. The van der Waals surface area contributed by atoms with Gasteiger partial charge in [0, 0.05) is 24.7 Å². The summed E-state index contributed by atoms with van der Waals surface area (Å²) in [5.74, 6) is 0.204. The quantitative estimate of drug-likeness (QED) is 0.905. The molecule has 19 heavy (non-hydrogen) atoms. The molecule has 0 aliphatic carbocycles. The monoisotopic (exact) mass is 260 g/mol. The van der Waals surface area contributed by atoms with Gasteiger partial charge in [-0.15, -0.1) is 0 Å². The zero-order valence-electron chi connectivity index (χ0n) is 12.2. The highest BCUT2D eigenvalue weighted by atomic mass is 16.2. The van der Waals surface area contributed by atoms with Crippen molar-refractivity contribution in [2.45, 2.75) is 39.2 Å². The number of nitrogens with zero attached hydrogens (tertiary/aromatic N) is 1. The summed E-state index contributed by atoms with van der Waals surface area (Å²) >= 11 is 0. The number of carbonyl (C=O) groups is 1. The van der Waals surface area contributed by atoms with Crippen LogP contribution in [0.5, 0.6) is 0 Å². The van der Waals surface area contributed by atoms with E-state index in [1.807, 2.05) is 39.1 Å². The Balaban J connectivity index is 2.26. The van der Waals surface area contributed by atoms with Crippen LogP contribution in [-0.4, -0.2) is 37.0 Å². The van der Waals surface area contributed by atoms with Crippen LogP contribution in [0.1, 0.15) is 40.7 Å². The Bertz CT molecular complexity index is 434. The molecule has 104 valence electrons. The fraction of sp³-hybridized carbons (Fsp3) is 0.562. The Kier molecular flexibility index (Phi) is 4.59. The standard InChI is InChI=1S/C16H24N2O/c1-12-7-6-8-13(2)15(12)16(19)18-10-5-4-9-14(18)11-17-3/h6-8,14,17H,4-5,9-11H2,1-3H3. The molecule has 3 nitrogen and oxygen atoms in total. The number of likely N-dealkylation sites (N-methyl/N-ethyl adjacent to an activating group) is 1. The smallest absolute Gasteiger partial charge is 0.254 e. The minimum absolute atomic E-state index is 0.204. The van der Waals surface area contributed by atoms with Crippen LogP contribution in [0.4, 0.5) is 0 Å². The highest BCUT2D eigenvalue weighted by Gasteiger charge is 2.28. The molecule has 2 rings (SSSR count). The first-order valence-corrected chi connectivity index (χ1v) is 7.17. The average molecular weight is 260 g/mol. The molecule has 1 aromatic carbocycles. The van der Waals surface area contributed by atoms with Gasteiger partial charge >= 0.3 is 0 Å². The largest absolute Gasteiger partial charge is 0.334 e. The van der Waals surface area contributed by atoms with Crippen molar-refractivity contribution in [3.63, 3.8) is 0 Å². The van der Waals surface area contributed by atoms with Gasteiger partial charge in [-0.1, -0.05) is 18.2 Å². The summed E-state index contributed by atoms with van der Waals surface area (Å²) in [6.07, 6.45) is 3.46. The van der Waals surface area contributed by atoms with Crippen LogP contribution in [0, 0.1) is 13.8 Å². The first-order valence-electron chi connectivity index (χ1n) is 7.17. The molecule has 1 aliphatic heterocycles. The average Bonchev–Trinajstić information content (AvgIpc) is 2.39. The van der Waals surface area contributed by atoms with E-state index in [2.05, 4.69) is 10.2 Å². The first kappa shape index (κ1) is 14.1. The Morgan fingerprint density at radius 1 is 1.32 bits per heavy atom. The molecular formula is C16H24N2O. The Labute approximate surface area is 116 Å². The number of piperidine rings is 1. The van der Waals surface area contributed by atoms with Crippen molar-refractivity contribution >= 4 is 5.91 Å². The zero-order chi connectivity index (χ0) is 13.8. The first-order chi connectivity index (χ1) is 9.15. The molecule has 1 unspecified atom stereocenters. The summed E-state index contributed by atoms with van der Waals surface area (Å²) in [7, 11) is 1.95. The van der Waals surface area contributed by atoms with Crippen LogP contribution in [0.3, 0.4) is 0 Å². The fourth-order valence-electron chi connectivity index (χ4n) is 3.01. The summed E-state index contributed by atoms with van der Waals surface area (Å²) in [5, 5.41) is 3.21. The third-order valence-electron chi connectivity index (χ3n) is 4.02.